The van der Waals surface area contributed by atoms with Crippen LogP contribution in [0, 0.1) is 13.8 Å². The second kappa shape index (κ2) is 4.91. The van der Waals surface area contributed by atoms with Crippen molar-refractivity contribution in [3.8, 4) is 11.5 Å². The third kappa shape index (κ3) is 2.11. The lowest BCUT2D eigenvalue weighted by Crippen LogP contribution is -2.45. The number of benzene rings is 1. The number of ether oxygens (including phenoxy) is 2. The molecule has 1 amide bonds. The van der Waals surface area contributed by atoms with Gasteiger partial charge in [0.2, 0.25) is 12.7 Å². The smallest absolute Gasteiger partial charge is 0.249 e. The fourth-order valence-electron chi connectivity index (χ4n) is 2.97. The van der Waals surface area contributed by atoms with E-state index in [4.69, 9.17) is 14.0 Å². The molecular weight excluding hydrogens is 298 g/mol. The third-order valence-corrected chi connectivity index (χ3v) is 4.29. The van der Waals surface area contributed by atoms with Crippen LogP contribution in [0.4, 0.5) is 11.4 Å². The second-order valence-electron chi connectivity index (χ2n) is 5.82. The summed E-state index contributed by atoms with van der Waals surface area (Å²) in [6.07, 6.45) is 0. The van der Waals surface area contributed by atoms with Crippen LogP contribution in [0.1, 0.15) is 23.9 Å². The largest absolute Gasteiger partial charge is 0.454 e. The van der Waals surface area contributed by atoms with Gasteiger partial charge in [-0.2, -0.15) is 0 Å². The van der Waals surface area contributed by atoms with Crippen molar-refractivity contribution in [2.24, 2.45) is 0 Å². The first-order valence-electron chi connectivity index (χ1n) is 7.48. The van der Waals surface area contributed by atoms with Gasteiger partial charge in [0.15, 0.2) is 11.5 Å². The van der Waals surface area contributed by atoms with Crippen molar-refractivity contribution >= 4 is 17.3 Å². The van der Waals surface area contributed by atoms with Crippen LogP contribution >= 0.6 is 0 Å². The van der Waals surface area contributed by atoms with Crippen molar-refractivity contribution in [2.75, 3.05) is 17.0 Å². The molecule has 2 aliphatic rings. The van der Waals surface area contributed by atoms with E-state index in [2.05, 4.69) is 10.5 Å². The summed E-state index contributed by atoms with van der Waals surface area (Å²) in [4.78, 5) is 14.4. The van der Waals surface area contributed by atoms with E-state index in [0.29, 0.717) is 18.0 Å². The van der Waals surface area contributed by atoms with E-state index < -0.39 is 0 Å². The van der Waals surface area contributed by atoms with E-state index in [1.54, 1.807) is 4.90 Å². The van der Waals surface area contributed by atoms with Crippen LogP contribution in [0.3, 0.4) is 0 Å². The number of anilines is 2. The normalized spacial score (nSPS) is 18.8. The summed E-state index contributed by atoms with van der Waals surface area (Å²) >= 11 is 0. The minimum absolute atomic E-state index is 0.00337. The number of amides is 1. The number of aromatic nitrogens is 1. The molecule has 0 saturated carbocycles. The van der Waals surface area contributed by atoms with E-state index in [-0.39, 0.29) is 18.7 Å². The number of hydrogen-bond donors (Lipinski definition) is 1. The Labute approximate surface area is 133 Å². The van der Waals surface area contributed by atoms with Gasteiger partial charge in [-0.05, 0) is 20.8 Å². The second-order valence-corrected chi connectivity index (χ2v) is 5.82. The Morgan fingerprint density at radius 1 is 1.30 bits per heavy atom. The van der Waals surface area contributed by atoms with Gasteiger partial charge in [-0.15, -0.1) is 0 Å². The van der Waals surface area contributed by atoms with Gasteiger partial charge in [-0.25, -0.2) is 0 Å². The van der Waals surface area contributed by atoms with Gasteiger partial charge in [-0.3, -0.25) is 4.79 Å². The van der Waals surface area contributed by atoms with Crippen LogP contribution in [0.5, 0.6) is 11.5 Å². The molecule has 0 saturated heterocycles. The molecule has 7 heteroatoms. The zero-order valence-electron chi connectivity index (χ0n) is 13.2. The van der Waals surface area contributed by atoms with Crippen LogP contribution in [-0.2, 0) is 11.3 Å². The van der Waals surface area contributed by atoms with Crippen molar-refractivity contribution in [2.45, 2.75) is 33.4 Å². The molecule has 3 heterocycles. The maximum absolute atomic E-state index is 12.7. The molecule has 0 spiro atoms. The van der Waals surface area contributed by atoms with Gasteiger partial charge in [0.1, 0.15) is 11.8 Å². The molecule has 1 N–H and O–H groups in total. The minimum Gasteiger partial charge on any atom is -0.454 e. The molecule has 1 aromatic carbocycles. The fraction of sp³-hybridized carbons (Fsp3) is 0.375. The molecule has 0 bridgehead atoms. The van der Waals surface area contributed by atoms with Crippen LogP contribution in [0.2, 0.25) is 0 Å². The zero-order chi connectivity index (χ0) is 16.1. The van der Waals surface area contributed by atoms with Crippen molar-refractivity contribution in [1.29, 1.82) is 0 Å². The first-order valence-corrected chi connectivity index (χ1v) is 7.48. The molecule has 120 valence electrons. The van der Waals surface area contributed by atoms with Crippen LogP contribution in [0.15, 0.2) is 16.7 Å². The molecule has 7 nitrogen and oxygen atoms in total. The number of carbonyl (C=O) groups is 1. The van der Waals surface area contributed by atoms with Crippen LogP contribution < -0.4 is 19.7 Å². The molecule has 1 unspecified atom stereocenters. The molecule has 1 aromatic heterocycles. The van der Waals surface area contributed by atoms with E-state index in [1.807, 2.05) is 32.9 Å². The van der Waals surface area contributed by atoms with Gasteiger partial charge >= 0.3 is 0 Å². The first-order chi connectivity index (χ1) is 11.0. The maximum atomic E-state index is 12.7. The maximum Gasteiger partial charge on any atom is 0.249 e. The van der Waals surface area contributed by atoms with Crippen LogP contribution in [0.25, 0.3) is 0 Å². The monoisotopic (exact) mass is 315 g/mol. The lowest BCUT2D eigenvalue weighted by atomic mass is 10.1. The molecule has 2 aliphatic heterocycles. The Morgan fingerprint density at radius 3 is 2.74 bits per heavy atom. The van der Waals surface area contributed by atoms with Crippen LogP contribution in [-0.4, -0.2) is 23.9 Å². The molecule has 2 aromatic rings. The van der Waals surface area contributed by atoms with E-state index in [1.165, 1.54) is 0 Å². The average Bonchev–Trinajstić information content (AvgIpc) is 3.10. The Hall–Kier alpha value is -2.70. The minimum atomic E-state index is -0.316. The SMILES string of the molecule is Cc1noc(C)c1CN1C(=O)C(C)Nc2cc3c(cc21)OCO3. The lowest BCUT2D eigenvalue weighted by molar-refractivity contribution is -0.119. The van der Waals surface area contributed by atoms with Crippen molar-refractivity contribution in [3.63, 3.8) is 0 Å². The summed E-state index contributed by atoms with van der Waals surface area (Å²) in [5, 5.41) is 7.18. The first kappa shape index (κ1) is 13.9. The molecule has 1 atom stereocenters. The highest BCUT2D eigenvalue weighted by molar-refractivity contribution is 6.05. The summed E-state index contributed by atoms with van der Waals surface area (Å²) in [6, 6.07) is 3.40. The zero-order valence-corrected chi connectivity index (χ0v) is 13.2. The number of rotatable bonds is 2. The van der Waals surface area contributed by atoms with Gasteiger partial charge in [0.25, 0.3) is 0 Å². The van der Waals surface area contributed by atoms with E-state index >= 15 is 0 Å². The Balaban J connectivity index is 1.79. The Morgan fingerprint density at radius 2 is 2.04 bits per heavy atom. The van der Waals surface area contributed by atoms with Gasteiger partial charge in [-0.1, -0.05) is 5.16 Å². The molecule has 0 aliphatic carbocycles. The van der Waals surface area contributed by atoms with Crippen molar-refractivity contribution in [3.05, 3.63) is 29.2 Å². The molecule has 23 heavy (non-hydrogen) atoms. The van der Waals surface area contributed by atoms with Gasteiger partial charge in [0, 0.05) is 17.7 Å². The van der Waals surface area contributed by atoms with Gasteiger partial charge in [0.05, 0.1) is 23.6 Å². The van der Waals surface area contributed by atoms with Gasteiger partial charge < -0.3 is 24.2 Å². The summed E-state index contributed by atoms with van der Waals surface area (Å²) in [7, 11) is 0. The molecule has 0 fully saturated rings. The lowest BCUT2D eigenvalue weighted by Gasteiger charge is -2.34. The number of fused-ring (bicyclic) bond motifs is 2. The van der Waals surface area contributed by atoms with E-state index in [0.717, 1.165) is 28.4 Å². The number of carbonyl (C=O) groups excluding carboxylic acids is 1. The van der Waals surface area contributed by atoms with Crippen molar-refractivity contribution in [1.82, 2.24) is 5.16 Å². The summed E-state index contributed by atoms with van der Waals surface area (Å²) in [5.74, 6) is 2.06. The molecule has 0 radical (unpaired) electrons. The highest BCUT2D eigenvalue weighted by atomic mass is 16.7. The highest BCUT2D eigenvalue weighted by Gasteiger charge is 2.33. The summed E-state index contributed by atoms with van der Waals surface area (Å²) < 4.78 is 16.1. The number of aryl methyl sites for hydroxylation is 2. The predicted molar refractivity (Wildman–Crippen MR) is 82.8 cm³/mol. The molecular formula is C16H17N3O4. The summed E-state index contributed by atoms with van der Waals surface area (Å²) in [5.41, 5.74) is 3.35. The summed E-state index contributed by atoms with van der Waals surface area (Å²) in [6.45, 7) is 6.19. The standard InChI is InChI=1S/C16H17N3O4/c1-8-11(10(3)23-18-8)6-19-13-5-15-14(21-7-22-15)4-12(13)17-9(2)16(19)20/h4-5,9,17H,6-7H2,1-3H3. The topological polar surface area (TPSA) is 76.8 Å². The number of nitrogens with one attached hydrogen (secondary N) is 1. The average molecular weight is 315 g/mol. The Bertz CT molecular complexity index is 779. The molecule has 4 rings (SSSR count). The third-order valence-electron chi connectivity index (χ3n) is 4.29. The van der Waals surface area contributed by atoms with E-state index in [9.17, 15) is 4.79 Å². The fourth-order valence-corrected chi connectivity index (χ4v) is 2.97. The quantitative estimate of drug-likeness (QED) is 0.917. The van der Waals surface area contributed by atoms with Crippen molar-refractivity contribution < 1.29 is 18.8 Å². The number of nitrogens with zero attached hydrogens (tertiary/aromatic N) is 2. The Kier molecular flexibility index (Phi) is 2.97. The predicted octanol–water partition coefficient (Wildman–Crippen LogP) is 2.37. The number of hydrogen-bond acceptors (Lipinski definition) is 6. The highest BCUT2D eigenvalue weighted by Crippen LogP contribution is 2.43.